The van der Waals surface area contributed by atoms with E-state index in [0.717, 1.165) is 14.5 Å². The quantitative estimate of drug-likeness (QED) is 0.733. The van der Waals surface area contributed by atoms with Crippen molar-refractivity contribution in [2.45, 2.75) is 12.5 Å². The van der Waals surface area contributed by atoms with Gasteiger partial charge in [0.05, 0.1) is 6.10 Å². The normalized spacial score (nSPS) is 12.5. The molecule has 0 saturated heterocycles. The average Bonchev–Trinajstić information content (AvgIpc) is 2.35. The maximum absolute atomic E-state index is 13.0. The van der Waals surface area contributed by atoms with Gasteiger partial charge in [-0.3, -0.25) is 0 Å². The summed E-state index contributed by atoms with van der Waals surface area (Å²) in [5, 5.41) is 10.6. The molecule has 0 fully saturated rings. The largest absolute Gasteiger partial charge is 0.388 e. The van der Waals surface area contributed by atoms with E-state index in [1.807, 2.05) is 18.2 Å². The van der Waals surface area contributed by atoms with E-state index < -0.39 is 6.10 Å². The molecule has 0 aromatic heterocycles. The van der Waals surface area contributed by atoms with E-state index in [1.165, 1.54) is 12.1 Å². The first-order chi connectivity index (χ1) is 8.97. The third-order valence-corrected chi connectivity index (χ3v) is 4.31. The summed E-state index contributed by atoms with van der Waals surface area (Å²) in [5.74, 6) is -0.383. The van der Waals surface area contributed by atoms with Crippen LogP contribution in [0.1, 0.15) is 17.2 Å². The van der Waals surface area contributed by atoms with Gasteiger partial charge in [0.1, 0.15) is 5.82 Å². The van der Waals surface area contributed by atoms with Crippen LogP contribution in [0.5, 0.6) is 0 Å². The van der Waals surface area contributed by atoms with E-state index in [4.69, 9.17) is 11.6 Å². The van der Waals surface area contributed by atoms with Crippen molar-refractivity contribution < 1.29 is 9.50 Å². The molecule has 2 aromatic rings. The molecule has 0 bridgehead atoms. The fourth-order valence-corrected chi connectivity index (χ4v) is 2.91. The number of aliphatic hydroxyl groups is 1. The Hall–Kier alpha value is -0.420. The predicted octanol–water partition coefficient (Wildman–Crippen LogP) is 5.28. The fourth-order valence-electron chi connectivity index (χ4n) is 1.78. The highest BCUT2D eigenvalue weighted by Crippen LogP contribution is 2.30. The van der Waals surface area contributed by atoms with Crippen LogP contribution < -0.4 is 0 Å². The third kappa shape index (κ3) is 3.78. The van der Waals surface area contributed by atoms with Crippen molar-refractivity contribution in [3.63, 3.8) is 0 Å². The molecule has 0 aliphatic heterocycles. The van der Waals surface area contributed by atoms with Crippen molar-refractivity contribution in [1.82, 2.24) is 0 Å². The lowest BCUT2D eigenvalue weighted by atomic mass is 10.0. The van der Waals surface area contributed by atoms with Crippen LogP contribution in [0.25, 0.3) is 0 Å². The zero-order chi connectivity index (χ0) is 14.0. The summed E-state index contributed by atoms with van der Waals surface area (Å²) in [4.78, 5) is 0. The molecule has 0 aliphatic carbocycles. The van der Waals surface area contributed by atoms with E-state index in [9.17, 15) is 9.50 Å². The lowest BCUT2D eigenvalue weighted by molar-refractivity contribution is 0.177. The summed E-state index contributed by atoms with van der Waals surface area (Å²) in [6.45, 7) is 0. The standard InChI is InChI=1S/C14H10Br2ClFO/c15-9-2-4-12(16)11(6-9)14(19)5-8-1-3-10(18)7-13(8)17/h1-4,6-7,14,19H,5H2. The van der Waals surface area contributed by atoms with Gasteiger partial charge in [0.15, 0.2) is 0 Å². The minimum absolute atomic E-state index is 0.324. The monoisotopic (exact) mass is 406 g/mol. The molecule has 1 N–H and O–H groups in total. The van der Waals surface area contributed by atoms with Gasteiger partial charge in [0, 0.05) is 20.4 Å². The maximum Gasteiger partial charge on any atom is 0.124 e. The van der Waals surface area contributed by atoms with Crippen LogP contribution in [-0.2, 0) is 6.42 Å². The third-order valence-electron chi connectivity index (χ3n) is 2.75. The molecule has 0 heterocycles. The van der Waals surface area contributed by atoms with Gasteiger partial charge in [-0.05, 0) is 41.5 Å². The number of hydrogen-bond donors (Lipinski definition) is 1. The average molecular weight is 408 g/mol. The van der Waals surface area contributed by atoms with Gasteiger partial charge in [-0.15, -0.1) is 0 Å². The first kappa shape index (κ1) is 15.0. The van der Waals surface area contributed by atoms with Crippen LogP contribution >= 0.6 is 43.5 Å². The molecular formula is C14H10Br2ClFO. The van der Waals surface area contributed by atoms with Gasteiger partial charge >= 0.3 is 0 Å². The van der Waals surface area contributed by atoms with E-state index in [2.05, 4.69) is 31.9 Å². The SMILES string of the molecule is OC(Cc1ccc(F)cc1Cl)c1cc(Br)ccc1Br. The van der Waals surface area contributed by atoms with Crippen LogP contribution in [0.2, 0.25) is 5.02 Å². The van der Waals surface area contributed by atoms with Crippen LogP contribution in [0.15, 0.2) is 45.3 Å². The Balaban J connectivity index is 2.25. The Bertz CT molecular complexity index is 604. The summed E-state index contributed by atoms with van der Waals surface area (Å²) in [6, 6.07) is 9.75. The van der Waals surface area contributed by atoms with Gasteiger partial charge in [-0.2, -0.15) is 0 Å². The Morgan fingerprint density at radius 3 is 2.58 bits per heavy atom. The zero-order valence-corrected chi connectivity index (χ0v) is 13.6. The number of halogens is 4. The Morgan fingerprint density at radius 1 is 1.16 bits per heavy atom. The van der Waals surface area contributed by atoms with Crippen molar-refractivity contribution >= 4 is 43.5 Å². The van der Waals surface area contributed by atoms with E-state index in [0.29, 0.717) is 17.0 Å². The first-order valence-electron chi connectivity index (χ1n) is 5.54. The van der Waals surface area contributed by atoms with Gasteiger partial charge in [-0.1, -0.05) is 49.5 Å². The minimum Gasteiger partial charge on any atom is -0.388 e. The number of aliphatic hydroxyl groups excluding tert-OH is 1. The van der Waals surface area contributed by atoms with Crippen molar-refractivity contribution in [2.75, 3.05) is 0 Å². The second-order valence-corrected chi connectivity index (χ2v) is 6.30. The second kappa shape index (κ2) is 6.35. The fraction of sp³-hybridized carbons (Fsp3) is 0.143. The lowest BCUT2D eigenvalue weighted by Gasteiger charge is -2.14. The summed E-state index contributed by atoms with van der Waals surface area (Å²) in [5.41, 5.74) is 1.47. The van der Waals surface area contributed by atoms with Gasteiger partial charge in [0.25, 0.3) is 0 Å². The molecule has 2 aromatic carbocycles. The molecule has 2 rings (SSSR count). The molecule has 0 radical (unpaired) electrons. The molecule has 0 amide bonds. The van der Waals surface area contributed by atoms with E-state index in [-0.39, 0.29) is 5.82 Å². The summed E-state index contributed by atoms with van der Waals surface area (Å²) < 4.78 is 14.7. The summed E-state index contributed by atoms with van der Waals surface area (Å²) >= 11 is 12.7. The molecule has 1 atom stereocenters. The number of hydrogen-bond acceptors (Lipinski definition) is 1. The summed E-state index contributed by atoms with van der Waals surface area (Å²) in [7, 11) is 0. The summed E-state index contributed by atoms with van der Waals surface area (Å²) in [6.07, 6.45) is -0.386. The molecular weight excluding hydrogens is 398 g/mol. The highest BCUT2D eigenvalue weighted by Gasteiger charge is 2.14. The molecule has 100 valence electrons. The Kier molecular flexibility index (Phi) is 5.01. The van der Waals surface area contributed by atoms with Crippen molar-refractivity contribution in [2.24, 2.45) is 0 Å². The Labute approximate surface area is 132 Å². The van der Waals surface area contributed by atoms with Gasteiger partial charge in [0.2, 0.25) is 0 Å². The maximum atomic E-state index is 13.0. The van der Waals surface area contributed by atoms with Gasteiger partial charge in [-0.25, -0.2) is 4.39 Å². The molecule has 5 heteroatoms. The molecule has 0 aliphatic rings. The van der Waals surface area contributed by atoms with Crippen molar-refractivity contribution in [3.8, 4) is 0 Å². The highest BCUT2D eigenvalue weighted by atomic mass is 79.9. The first-order valence-corrected chi connectivity index (χ1v) is 7.50. The molecule has 19 heavy (non-hydrogen) atoms. The van der Waals surface area contributed by atoms with Gasteiger partial charge < -0.3 is 5.11 Å². The second-order valence-electron chi connectivity index (χ2n) is 4.12. The smallest absolute Gasteiger partial charge is 0.124 e. The highest BCUT2D eigenvalue weighted by molar-refractivity contribution is 9.11. The Morgan fingerprint density at radius 2 is 1.89 bits per heavy atom. The van der Waals surface area contributed by atoms with Crippen molar-refractivity contribution in [3.05, 3.63) is 67.3 Å². The molecule has 0 saturated carbocycles. The molecule has 1 nitrogen and oxygen atoms in total. The molecule has 1 unspecified atom stereocenters. The van der Waals surface area contributed by atoms with E-state index >= 15 is 0 Å². The number of rotatable bonds is 3. The van der Waals surface area contributed by atoms with Crippen LogP contribution in [0, 0.1) is 5.82 Å². The predicted molar refractivity (Wildman–Crippen MR) is 81.9 cm³/mol. The van der Waals surface area contributed by atoms with Crippen LogP contribution in [0.3, 0.4) is 0 Å². The zero-order valence-electron chi connectivity index (χ0n) is 9.71. The lowest BCUT2D eigenvalue weighted by Crippen LogP contribution is -2.03. The van der Waals surface area contributed by atoms with E-state index in [1.54, 1.807) is 6.07 Å². The topological polar surface area (TPSA) is 20.2 Å². The molecule has 0 spiro atoms. The van der Waals surface area contributed by atoms with Crippen LogP contribution in [-0.4, -0.2) is 5.11 Å². The minimum atomic E-state index is -0.713. The number of benzene rings is 2. The van der Waals surface area contributed by atoms with Crippen molar-refractivity contribution in [1.29, 1.82) is 0 Å². The van der Waals surface area contributed by atoms with Crippen LogP contribution in [0.4, 0.5) is 4.39 Å².